The van der Waals surface area contributed by atoms with Crippen molar-refractivity contribution in [3.05, 3.63) is 0 Å². The number of hydrogen-bond donors (Lipinski definition) is 1. The van der Waals surface area contributed by atoms with Crippen molar-refractivity contribution < 1.29 is 0 Å². The molecule has 0 radical (unpaired) electrons. The molecule has 51 heavy (non-hydrogen) atoms. The normalized spacial score (nSPS) is 18.1. The van der Waals surface area contributed by atoms with Crippen LogP contribution in [0.4, 0.5) is 0 Å². The van der Waals surface area contributed by atoms with Crippen LogP contribution in [0.3, 0.4) is 0 Å². The lowest BCUT2D eigenvalue weighted by Gasteiger charge is -2.50. The van der Waals surface area contributed by atoms with E-state index in [-0.39, 0.29) is 0 Å². The van der Waals surface area contributed by atoms with Gasteiger partial charge in [-0.05, 0) is 71.8 Å². The molecule has 0 aliphatic heterocycles. The van der Waals surface area contributed by atoms with Gasteiger partial charge in [-0.3, -0.25) is 0 Å². The molecule has 6 atom stereocenters. The highest BCUT2D eigenvalue weighted by molar-refractivity contribution is 6.93. The maximum atomic E-state index is 5.41. The van der Waals surface area contributed by atoms with Crippen molar-refractivity contribution in [3.63, 3.8) is 0 Å². The van der Waals surface area contributed by atoms with Gasteiger partial charge in [-0.2, -0.15) is 0 Å². The van der Waals surface area contributed by atoms with Gasteiger partial charge in [0.1, 0.15) is 16.5 Å². The van der Waals surface area contributed by atoms with Crippen LogP contribution < -0.4 is 4.65 Å². The van der Waals surface area contributed by atoms with Crippen LogP contribution in [0.15, 0.2) is 0 Å². The van der Waals surface area contributed by atoms with Crippen molar-refractivity contribution in [3.8, 4) is 0 Å². The lowest BCUT2D eigenvalue weighted by atomic mass is 10.0. The Hall–Kier alpha value is 0.394. The molecule has 0 aromatic heterocycles. The largest absolute Gasteiger partial charge is 0.359 e. The molecule has 0 aliphatic carbocycles. The molecular formula is C48H103NSi2. The Kier molecular flexibility index (Phi) is 32.9. The fourth-order valence-electron chi connectivity index (χ4n) is 10.3. The van der Waals surface area contributed by atoms with Gasteiger partial charge in [0.25, 0.3) is 0 Å². The molecule has 0 saturated heterocycles. The first-order valence-electron chi connectivity index (χ1n) is 24.5. The first kappa shape index (κ1) is 51.4. The molecule has 3 heteroatoms. The molecular weight excluding hydrogens is 647 g/mol. The minimum absolute atomic E-state index is 0.925. The Labute approximate surface area is 328 Å². The summed E-state index contributed by atoms with van der Waals surface area (Å²) in [6, 6.07) is 9.54. The van der Waals surface area contributed by atoms with Gasteiger partial charge in [-0.15, -0.1) is 0 Å². The molecule has 0 spiro atoms. The Bertz CT molecular complexity index is 588. The van der Waals surface area contributed by atoms with Crippen molar-refractivity contribution in [2.24, 2.45) is 35.5 Å². The van der Waals surface area contributed by atoms with Crippen LogP contribution in [0.2, 0.25) is 36.3 Å². The predicted molar refractivity (Wildman–Crippen MR) is 243 cm³/mol. The van der Waals surface area contributed by atoms with E-state index in [2.05, 4.69) is 83.1 Å². The van der Waals surface area contributed by atoms with E-state index in [0.29, 0.717) is 0 Å². The van der Waals surface area contributed by atoms with Crippen LogP contribution in [0.25, 0.3) is 0 Å². The summed E-state index contributed by atoms with van der Waals surface area (Å²) in [5, 5.41) is 0. The smallest absolute Gasteiger partial charge is 0.119 e. The summed E-state index contributed by atoms with van der Waals surface area (Å²) in [6.45, 7) is 30.0. The van der Waals surface area contributed by atoms with E-state index >= 15 is 0 Å². The number of nitrogens with one attached hydrogen (secondary N) is 1. The highest BCUT2D eigenvalue weighted by Gasteiger charge is 2.48. The number of unbranched alkanes of at least 4 members (excludes halogenated alkanes) is 6. The standard InChI is InChI=1S/C48H103NSi2/c1-13-25-31-43(19-7)37-50(38-44(20-8)32-26-14-2,39-45(21-9)33-27-15-3)49-51(40-46(22-10)34-28-16-4,41-47(23-11)35-29-17-5)42-48(24-12)36-30-18-6/h43-49H,13-42H2,1-12H3. The van der Waals surface area contributed by atoms with Crippen molar-refractivity contribution in [2.75, 3.05) is 0 Å². The van der Waals surface area contributed by atoms with Gasteiger partial charge >= 0.3 is 0 Å². The highest BCUT2D eigenvalue weighted by Crippen LogP contribution is 2.44. The van der Waals surface area contributed by atoms with E-state index in [1.807, 2.05) is 0 Å². The van der Waals surface area contributed by atoms with E-state index in [1.165, 1.54) is 154 Å². The van der Waals surface area contributed by atoms with Crippen LogP contribution in [-0.4, -0.2) is 16.5 Å². The number of rotatable bonds is 38. The summed E-state index contributed by atoms with van der Waals surface area (Å²) in [5.74, 6) is 5.55. The predicted octanol–water partition coefficient (Wildman–Crippen LogP) is 17.8. The summed E-state index contributed by atoms with van der Waals surface area (Å²) < 4.78 is 5.41. The highest BCUT2D eigenvalue weighted by atomic mass is 28.4. The average molecular weight is 751 g/mol. The van der Waals surface area contributed by atoms with Crippen LogP contribution in [0.1, 0.15) is 237 Å². The van der Waals surface area contributed by atoms with Crippen LogP contribution >= 0.6 is 0 Å². The molecule has 0 aromatic rings. The first-order valence-corrected chi connectivity index (χ1v) is 29.7. The lowest BCUT2D eigenvalue weighted by Crippen LogP contribution is -2.67. The zero-order valence-corrected chi connectivity index (χ0v) is 40.2. The lowest BCUT2D eigenvalue weighted by molar-refractivity contribution is 0.432. The molecule has 6 unspecified atom stereocenters. The van der Waals surface area contributed by atoms with Gasteiger partial charge in [0.05, 0.1) is 0 Å². The zero-order chi connectivity index (χ0) is 38.4. The quantitative estimate of drug-likeness (QED) is 0.0620. The molecule has 1 nitrogen and oxygen atoms in total. The fraction of sp³-hybridized carbons (Fsp3) is 1.00. The van der Waals surface area contributed by atoms with E-state index in [1.54, 1.807) is 36.3 Å². The fourth-order valence-corrected chi connectivity index (χ4v) is 27.9. The Morgan fingerprint density at radius 1 is 0.275 bits per heavy atom. The van der Waals surface area contributed by atoms with Crippen molar-refractivity contribution >= 4 is 16.5 Å². The average Bonchev–Trinajstić information content (AvgIpc) is 3.15. The molecule has 0 aromatic carbocycles. The molecule has 308 valence electrons. The topological polar surface area (TPSA) is 12.0 Å². The Morgan fingerprint density at radius 2 is 0.431 bits per heavy atom. The van der Waals surface area contributed by atoms with Gasteiger partial charge in [-0.1, -0.05) is 237 Å². The molecule has 0 rings (SSSR count). The molecule has 0 saturated carbocycles. The molecule has 0 heterocycles. The van der Waals surface area contributed by atoms with Crippen molar-refractivity contribution in [2.45, 2.75) is 273 Å². The second-order valence-electron chi connectivity index (χ2n) is 18.4. The third-order valence-corrected chi connectivity index (χ3v) is 26.3. The molecule has 0 bridgehead atoms. The van der Waals surface area contributed by atoms with E-state index in [9.17, 15) is 0 Å². The third kappa shape index (κ3) is 22.5. The SMILES string of the molecule is CCCCC(CC)C[Si](CC(CC)CCCC)(CC(CC)CCCC)N[Si](CC(CC)CCCC)(CC(CC)CCCC)CC(CC)CCCC. The van der Waals surface area contributed by atoms with E-state index in [4.69, 9.17) is 4.65 Å². The van der Waals surface area contributed by atoms with Crippen molar-refractivity contribution in [1.29, 1.82) is 0 Å². The monoisotopic (exact) mass is 750 g/mol. The minimum atomic E-state index is -1.85. The third-order valence-electron chi connectivity index (χ3n) is 13.9. The summed E-state index contributed by atoms with van der Waals surface area (Å²) in [5.41, 5.74) is 0. The van der Waals surface area contributed by atoms with Gasteiger partial charge in [-0.25, -0.2) is 0 Å². The Morgan fingerprint density at radius 3 is 0.549 bits per heavy atom. The van der Waals surface area contributed by atoms with Crippen LogP contribution in [-0.2, 0) is 0 Å². The molecule has 1 N–H and O–H groups in total. The molecule has 0 aliphatic rings. The maximum absolute atomic E-state index is 5.41. The van der Waals surface area contributed by atoms with Gasteiger partial charge in [0.2, 0.25) is 0 Å². The van der Waals surface area contributed by atoms with Crippen molar-refractivity contribution in [1.82, 2.24) is 4.65 Å². The summed E-state index contributed by atoms with van der Waals surface area (Å²) in [7, 11) is -3.71. The molecule has 0 fully saturated rings. The van der Waals surface area contributed by atoms with E-state index < -0.39 is 16.5 Å². The summed E-state index contributed by atoms with van der Waals surface area (Å²) in [4.78, 5) is 0. The van der Waals surface area contributed by atoms with Gasteiger partial charge in [0, 0.05) is 0 Å². The second kappa shape index (κ2) is 32.6. The second-order valence-corrected chi connectivity index (χ2v) is 27.0. The van der Waals surface area contributed by atoms with Gasteiger partial charge in [0.15, 0.2) is 0 Å². The zero-order valence-electron chi connectivity index (χ0n) is 38.2. The van der Waals surface area contributed by atoms with Crippen LogP contribution in [0, 0.1) is 35.5 Å². The maximum Gasteiger partial charge on any atom is 0.119 e. The Balaban J connectivity index is 7.84. The van der Waals surface area contributed by atoms with Gasteiger partial charge < -0.3 is 4.65 Å². The molecule has 0 amide bonds. The van der Waals surface area contributed by atoms with Crippen LogP contribution in [0.5, 0.6) is 0 Å². The number of hydrogen-bond acceptors (Lipinski definition) is 1. The summed E-state index contributed by atoms with van der Waals surface area (Å²) in [6.07, 6.45) is 34.1. The summed E-state index contributed by atoms with van der Waals surface area (Å²) >= 11 is 0. The first-order chi connectivity index (χ1) is 24.7. The minimum Gasteiger partial charge on any atom is -0.359 e. The van der Waals surface area contributed by atoms with E-state index in [0.717, 1.165) is 35.5 Å².